The number of allylic oxidation sites excluding steroid dienone is 4. The summed E-state index contributed by atoms with van der Waals surface area (Å²) in [6.45, 7) is 3.06. The van der Waals surface area contributed by atoms with E-state index in [1.807, 2.05) is 12.2 Å². The Bertz CT molecular complexity index is 428. The molecule has 0 saturated heterocycles. The molecule has 1 aliphatic rings. The van der Waals surface area contributed by atoms with E-state index in [1.165, 1.54) is 34.1 Å². The molecule has 2 aromatic rings. The van der Waals surface area contributed by atoms with Crippen LogP contribution >= 0.6 is 0 Å². The molecular formula is C16H18SiZr-4. The average molecular weight is 330 g/mol. The summed E-state index contributed by atoms with van der Waals surface area (Å²) in [6.07, 6.45) is 10.0. The molecule has 0 spiro atoms. The Morgan fingerprint density at radius 1 is 1.11 bits per heavy atom. The number of hydrogen-bond acceptors (Lipinski definition) is 0. The maximum atomic E-state index is 3.06. The number of benzene rings is 1. The predicted octanol–water partition coefficient (Wildman–Crippen LogP) is 4.38. The zero-order valence-corrected chi connectivity index (χ0v) is 14.4. The van der Waals surface area contributed by atoms with E-state index < -0.39 is 0 Å². The summed E-state index contributed by atoms with van der Waals surface area (Å²) in [5.41, 5.74) is 0. The van der Waals surface area contributed by atoms with Crippen molar-refractivity contribution in [2.75, 3.05) is 0 Å². The van der Waals surface area contributed by atoms with Gasteiger partial charge in [0, 0.05) is 0 Å². The first-order valence-corrected chi connectivity index (χ1v) is 9.23. The molecule has 0 amide bonds. The Morgan fingerprint density at radius 3 is 2.33 bits per heavy atom. The third kappa shape index (κ3) is 6.98. The fourth-order valence-electron chi connectivity index (χ4n) is 1.41. The van der Waals surface area contributed by atoms with Crippen molar-refractivity contribution in [2.24, 2.45) is 0 Å². The molecule has 0 N–H and O–H groups in total. The van der Waals surface area contributed by atoms with Crippen molar-refractivity contribution in [3.8, 4) is 0 Å². The molecule has 2 aromatic carbocycles. The quantitative estimate of drug-likeness (QED) is 0.497. The van der Waals surface area contributed by atoms with Gasteiger partial charge >= 0.3 is 30.2 Å². The van der Waals surface area contributed by atoms with Gasteiger partial charge in [-0.05, 0) is 0 Å². The molecule has 0 saturated carbocycles. The van der Waals surface area contributed by atoms with Crippen molar-refractivity contribution in [2.45, 2.75) is 6.42 Å². The Balaban J connectivity index is 0. The van der Waals surface area contributed by atoms with Crippen molar-refractivity contribution in [1.82, 2.24) is 0 Å². The van der Waals surface area contributed by atoms with Crippen LogP contribution < -0.4 is 0 Å². The van der Waals surface area contributed by atoms with Crippen molar-refractivity contribution in [3.05, 3.63) is 81.6 Å². The van der Waals surface area contributed by atoms with Crippen molar-refractivity contribution in [3.63, 3.8) is 0 Å². The van der Waals surface area contributed by atoms with Crippen LogP contribution in [-0.4, -0.2) is 6.88 Å². The fourth-order valence-corrected chi connectivity index (χ4v) is 1.41. The van der Waals surface area contributed by atoms with Crippen LogP contribution in [0.25, 0.3) is 10.8 Å². The zero-order chi connectivity index (χ0) is 11.6. The molecule has 18 heavy (non-hydrogen) atoms. The topological polar surface area (TPSA) is 0 Å². The summed E-state index contributed by atoms with van der Waals surface area (Å²) in [5.74, 6) is 0. The van der Waals surface area contributed by atoms with Gasteiger partial charge in [0.15, 0.2) is 0 Å². The molecule has 94 valence electrons. The Morgan fingerprint density at radius 2 is 1.83 bits per heavy atom. The molecule has 0 fully saturated rings. The van der Waals surface area contributed by atoms with E-state index in [2.05, 4.69) is 61.5 Å². The van der Waals surface area contributed by atoms with Gasteiger partial charge in [-0.15, -0.1) is 36.1 Å². The molecule has 0 aliphatic heterocycles. The maximum Gasteiger partial charge on any atom is -0.0809 e. The molecule has 0 atom stereocenters. The average Bonchev–Trinajstić information content (AvgIpc) is 3.06. The Kier molecular flexibility index (Phi) is 14.1. The first kappa shape index (κ1) is 19.7. The van der Waals surface area contributed by atoms with Gasteiger partial charge in [-0.25, -0.2) is 12.2 Å². The van der Waals surface area contributed by atoms with Crippen LogP contribution in [0.3, 0.4) is 0 Å². The van der Waals surface area contributed by atoms with E-state index in [1.54, 1.807) is 0 Å². The second kappa shape index (κ2) is 12.9. The molecule has 2 radical (unpaired) electrons. The van der Waals surface area contributed by atoms with Crippen LogP contribution in [0.15, 0.2) is 60.7 Å². The monoisotopic (exact) mass is 328 g/mol. The number of hydrogen-bond donors (Lipinski definition) is 0. The minimum absolute atomic E-state index is 0. The van der Waals surface area contributed by atoms with E-state index in [0.717, 1.165) is 6.42 Å². The van der Waals surface area contributed by atoms with Gasteiger partial charge in [0.1, 0.15) is 0 Å². The fraction of sp³-hybridized carbons (Fsp3) is 0.0625. The van der Waals surface area contributed by atoms with E-state index in [4.69, 9.17) is 0 Å². The summed E-state index contributed by atoms with van der Waals surface area (Å²) in [7, 11) is 0. The Hall–Kier alpha value is -0.590. The zero-order valence-electron chi connectivity index (χ0n) is 11.0. The van der Waals surface area contributed by atoms with Gasteiger partial charge in [0.2, 0.25) is 0 Å². The number of rotatable bonds is 0. The third-order valence-electron chi connectivity index (χ3n) is 2.13. The predicted molar refractivity (Wildman–Crippen MR) is 79.7 cm³/mol. The van der Waals surface area contributed by atoms with Crippen molar-refractivity contribution < 1.29 is 23.3 Å². The summed E-state index contributed by atoms with van der Waals surface area (Å²) in [4.78, 5) is 0. The van der Waals surface area contributed by atoms with Gasteiger partial charge in [-0.2, -0.15) is 23.6 Å². The van der Waals surface area contributed by atoms with Crippen LogP contribution in [-0.2, 0) is 23.3 Å². The largest absolute Gasteiger partial charge is 0.168 e. The van der Waals surface area contributed by atoms with Gasteiger partial charge in [0.25, 0.3) is 0 Å². The van der Waals surface area contributed by atoms with Gasteiger partial charge < -0.3 is 14.9 Å². The van der Waals surface area contributed by atoms with E-state index >= 15 is 0 Å². The van der Waals surface area contributed by atoms with Crippen LogP contribution in [0.2, 0.25) is 0 Å². The molecular weight excluding hydrogens is 311 g/mol. The van der Waals surface area contributed by atoms with Crippen LogP contribution in [0, 0.1) is 20.9 Å². The normalized spacial score (nSPS) is 10.2. The Labute approximate surface area is 128 Å². The van der Waals surface area contributed by atoms with E-state index in [9.17, 15) is 0 Å². The summed E-state index contributed by atoms with van der Waals surface area (Å²) < 4.78 is 0. The standard InChI is InChI=1S/C9H7.C5H5.2CH3.Si.Zr/c1-2-5-9-7-3-6-8(9)4-1;1-2-4-5-3-1;;;;/h1-7H;1-3H,4H2;2*1H3;;/q4*-1;;. The summed E-state index contributed by atoms with van der Waals surface area (Å²) in [6, 6.07) is 14.7. The van der Waals surface area contributed by atoms with Gasteiger partial charge in [-0.3, -0.25) is 6.08 Å². The first-order chi connectivity index (χ1) is 7.97. The SMILES string of the molecule is [C-]1=CC=CC1.[CH3-].[CH3-].[Si]=[Zr].c1ccc2[cH-]ccc2c1. The minimum Gasteiger partial charge on any atom is -0.168 e. The van der Waals surface area contributed by atoms with Gasteiger partial charge in [0.05, 0.1) is 0 Å². The van der Waals surface area contributed by atoms with E-state index in [0.29, 0.717) is 0 Å². The van der Waals surface area contributed by atoms with Crippen LogP contribution in [0.1, 0.15) is 6.42 Å². The second-order valence-electron chi connectivity index (χ2n) is 3.16. The van der Waals surface area contributed by atoms with Gasteiger partial charge in [-0.1, -0.05) is 6.07 Å². The summed E-state index contributed by atoms with van der Waals surface area (Å²) >= 11 is 1.36. The molecule has 0 unspecified atom stereocenters. The van der Waals surface area contributed by atoms with Crippen LogP contribution in [0.5, 0.6) is 0 Å². The second-order valence-corrected chi connectivity index (χ2v) is 3.16. The molecule has 0 aromatic heterocycles. The smallest absolute Gasteiger partial charge is 0.0809 e. The molecule has 0 bridgehead atoms. The van der Waals surface area contributed by atoms with Crippen molar-refractivity contribution >= 4 is 17.7 Å². The molecule has 1 aliphatic carbocycles. The maximum absolute atomic E-state index is 3.06. The third-order valence-corrected chi connectivity index (χ3v) is 2.13. The van der Waals surface area contributed by atoms with Crippen LogP contribution in [0.4, 0.5) is 0 Å². The molecule has 3 rings (SSSR count). The minimum atomic E-state index is 0. The number of fused-ring (bicyclic) bond motifs is 1. The molecule has 2 heteroatoms. The van der Waals surface area contributed by atoms with E-state index in [-0.39, 0.29) is 14.9 Å². The molecule has 0 nitrogen and oxygen atoms in total. The summed E-state index contributed by atoms with van der Waals surface area (Å²) in [5, 5.41) is 2.66. The molecule has 0 heterocycles. The first-order valence-electron chi connectivity index (χ1n) is 5.04. The van der Waals surface area contributed by atoms with Crippen molar-refractivity contribution in [1.29, 1.82) is 0 Å².